The summed E-state index contributed by atoms with van der Waals surface area (Å²) >= 11 is 11.9. The third kappa shape index (κ3) is 4.60. The van der Waals surface area contributed by atoms with E-state index >= 15 is 0 Å². The lowest BCUT2D eigenvalue weighted by atomic mass is 10.1. The normalized spacial score (nSPS) is 12.2. The van der Waals surface area contributed by atoms with Crippen molar-refractivity contribution in [1.82, 2.24) is 0 Å². The lowest BCUT2D eigenvalue weighted by Gasteiger charge is -2.11. The van der Waals surface area contributed by atoms with Crippen molar-refractivity contribution < 1.29 is 9.13 Å². The van der Waals surface area contributed by atoms with Gasteiger partial charge in [-0.15, -0.1) is 0 Å². The van der Waals surface area contributed by atoms with Gasteiger partial charge >= 0.3 is 0 Å². The van der Waals surface area contributed by atoms with Crippen LogP contribution < -0.4 is 10.5 Å². The molecule has 0 heterocycles. The third-order valence-electron chi connectivity index (χ3n) is 2.93. The molecule has 0 fully saturated rings. The number of hydrogen-bond donors (Lipinski definition) is 1. The molecule has 112 valence electrons. The Kier molecular flexibility index (Phi) is 5.45. The van der Waals surface area contributed by atoms with E-state index in [9.17, 15) is 4.39 Å². The molecule has 0 spiro atoms. The van der Waals surface area contributed by atoms with Crippen LogP contribution in [-0.4, -0.2) is 6.04 Å². The van der Waals surface area contributed by atoms with Gasteiger partial charge in [-0.25, -0.2) is 4.39 Å². The van der Waals surface area contributed by atoms with Gasteiger partial charge in [-0.1, -0.05) is 35.3 Å². The Balaban J connectivity index is 2.04. The lowest BCUT2D eigenvalue weighted by molar-refractivity contribution is 0.306. The van der Waals surface area contributed by atoms with Crippen LogP contribution in [0.5, 0.6) is 5.75 Å². The molecular formula is C16H16Cl2FNO. The Hall–Kier alpha value is -1.29. The van der Waals surface area contributed by atoms with E-state index in [1.165, 1.54) is 12.1 Å². The summed E-state index contributed by atoms with van der Waals surface area (Å²) in [5, 5.41) is 0.607. The van der Waals surface area contributed by atoms with Gasteiger partial charge in [-0.2, -0.15) is 0 Å². The van der Waals surface area contributed by atoms with Crippen molar-refractivity contribution in [2.24, 2.45) is 5.73 Å². The highest BCUT2D eigenvalue weighted by molar-refractivity contribution is 6.32. The largest absolute Gasteiger partial charge is 0.487 e. The molecule has 0 radical (unpaired) electrons. The van der Waals surface area contributed by atoms with Crippen LogP contribution >= 0.6 is 23.2 Å². The first-order valence-electron chi connectivity index (χ1n) is 6.56. The summed E-state index contributed by atoms with van der Waals surface area (Å²) in [4.78, 5) is 0. The van der Waals surface area contributed by atoms with Crippen LogP contribution in [0.2, 0.25) is 10.0 Å². The van der Waals surface area contributed by atoms with Crippen molar-refractivity contribution in [2.75, 3.05) is 0 Å². The van der Waals surface area contributed by atoms with Crippen LogP contribution in [-0.2, 0) is 13.0 Å². The molecule has 2 rings (SSSR count). The highest BCUT2D eigenvalue weighted by Crippen LogP contribution is 2.27. The number of nitrogens with two attached hydrogens (primary N) is 1. The Morgan fingerprint density at radius 1 is 1.10 bits per heavy atom. The van der Waals surface area contributed by atoms with Crippen molar-refractivity contribution in [2.45, 2.75) is 26.0 Å². The first-order valence-corrected chi connectivity index (χ1v) is 7.32. The first-order chi connectivity index (χ1) is 9.95. The second kappa shape index (κ2) is 7.12. The van der Waals surface area contributed by atoms with E-state index in [0.717, 1.165) is 17.5 Å². The van der Waals surface area contributed by atoms with Crippen LogP contribution in [0.4, 0.5) is 4.39 Å². The van der Waals surface area contributed by atoms with E-state index in [-0.39, 0.29) is 17.7 Å². The minimum absolute atomic E-state index is 0.0780. The fourth-order valence-corrected chi connectivity index (χ4v) is 2.41. The summed E-state index contributed by atoms with van der Waals surface area (Å²) in [6.07, 6.45) is 0.758. The summed E-state index contributed by atoms with van der Waals surface area (Å²) < 4.78 is 18.7. The number of rotatable bonds is 5. The summed E-state index contributed by atoms with van der Waals surface area (Å²) in [6, 6.07) is 10.1. The Morgan fingerprint density at radius 2 is 1.76 bits per heavy atom. The zero-order valence-electron chi connectivity index (χ0n) is 11.6. The first kappa shape index (κ1) is 16.1. The highest BCUT2D eigenvalue weighted by atomic mass is 35.5. The molecule has 0 aliphatic heterocycles. The molecule has 0 bridgehead atoms. The van der Waals surface area contributed by atoms with E-state index in [2.05, 4.69) is 0 Å². The second-order valence-electron chi connectivity index (χ2n) is 4.98. The molecule has 0 saturated carbocycles. The predicted octanol–water partition coefficient (Wildman–Crippen LogP) is 4.60. The Bertz CT molecular complexity index is 632. The van der Waals surface area contributed by atoms with Gasteiger partial charge in [0.05, 0.1) is 10.0 Å². The molecule has 0 saturated heterocycles. The van der Waals surface area contributed by atoms with Crippen molar-refractivity contribution >= 4 is 23.2 Å². The highest BCUT2D eigenvalue weighted by Gasteiger charge is 2.06. The minimum atomic E-state index is -0.446. The van der Waals surface area contributed by atoms with Crippen LogP contribution in [0.3, 0.4) is 0 Å². The molecule has 21 heavy (non-hydrogen) atoms. The minimum Gasteiger partial charge on any atom is -0.487 e. The van der Waals surface area contributed by atoms with E-state index in [4.69, 9.17) is 33.7 Å². The molecule has 2 N–H and O–H groups in total. The van der Waals surface area contributed by atoms with Crippen molar-refractivity contribution in [3.8, 4) is 5.75 Å². The quantitative estimate of drug-likeness (QED) is 0.870. The average molecular weight is 328 g/mol. The average Bonchev–Trinajstić information content (AvgIpc) is 2.41. The fourth-order valence-electron chi connectivity index (χ4n) is 1.95. The van der Waals surface area contributed by atoms with Crippen molar-refractivity contribution in [1.29, 1.82) is 0 Å². The molecule has 0 aliphatic rings. The second-order valence-corrected chi connectivity index (χ2v) is 5.80. The van der Waals surface area contributed by atoms with E-state index in [0.29, 0.717) is 10.8 Å². The Morgan fingerprint density at radius 3 is 2.38 bits per heavy atom. The number of benzene rings is 2. The molecule has 0 amide bonds. The number of halogens is 3. The standard InChI is InChI=1S/C16H16Cl2FNO/c1-10(20)6-11-3-5-16(14(18)7-11)21-9-12-2-4-15(19)13(17)8-12/h2-5,7-8,10H,6,9,20H2,1H3. The predicted molar refractivity (Wildman–Crippen MR) is 84.5 cm³/mol. The van der Waals surface area contributed by atoms with Gasteiger partial charge in [0.2, 0.25) is 0 Å². The molecule has 1 unspecified atom stereocenters. The van der Waals surface area contributed by atoms with E-state index < -0.39 is 5.82 Å². The van der Waals surface area contributed by atoms with Crippen LogP contribution in [0, 0.1) is 5.82 Å². The topological polar surface area (TPSA) is 35.2 Å². The molecule has 0 aliphatic carbocycles. The number of ether oxygens (including phenoxy) is 1. The maximum atomic E-state index is 13.1. The lowest BCUT2D eigenvalue weighted by Crippen LogP contribution is -2.17. The van der Waals surface area contributed by atoms with Gasteiger partial charge < -0.3 is 10.5 Å². The van der Waals surface area contributed by atoms with Gasteiger partial charge in [0.15, 0.2) is 0 Å². The zero-order chi connectivity index (χ0) is 15.4. The summed E-state index contributed by atoms with van der Waals surface area (Å²) in [5.74, 6) is 0.129. The van der Waals surface area contributed by atoms with E-state index in [1.807, 2.05) is 25.1 Å². The molecular weight excluding hydrogens is 312 g/mol. The summed E-state index contributed by atoms with van der Waals surface area (Å²) in [5.41, 5.74) is 7.59. The van der Waals surface area contributed by atoms with Crippen LogP contribution in [0.1, 0.15) is 18.1 Å². The zero-order valence-corrected chi connectivity index (χ0v) is 13.1. The number of hydrogen-bond acceptors (Lipinski definition) is 2. The third-order valence-corrected chi connectivity index (χ3v) is 3.52. The molecule has 2 aromatic rings. The SMILES string of the molecule is CC(N)Cc1ccc(OCc2ccc(F)c(Cl)c2)c(Cl)c1. The van der Waals surface area contributed by atoms with Crippen molar-refractivity contribution in [3.63, 3.8) is 0 Å². The maximum Gasteiger partial charge on any atom is 0.141 e. The monoisotopic (exact) mass is 327 g/mol. The molecule has 0 aromatic heterocycles. The summed E-state index contributed by atoms with van der Waals surface area (Å²) in [6.45, 7) is 2.21. The van der Waals surface area contributed by atoms with E-state index in [1.54, 1.807) is 6.07 Å². The van der Waals surface area contributed by atoms with Gasteiger partial charge in [0, 0.05) is 6.04 Å². The molecule has 5 heteroatoms. The molecule has 1 atom stereocenters. The van der Waals surface area contributed by atoms with Crippen LogP contribution in [0.15, 0.2) is 36.4 Å². The fraction of sp³-hybridized carbons (Fsp3) is 0.250. The molecule has 2 aromatic carbocycles. The Labute approximate surface area is 133 Å². The smallest absolute Gasteiger partial charge is 0.141 e. The van der Waals surface area contributed by atoms with Crippen molar-refractivity contribution in [3.05, 3.63) is 63.4 Å². The van der Waals surface area contributed by atoms with Gasteiger partial charge in [0.1, 0.15) is 18.2 Å². The van der Waals surface area contributed by atoms with Gasteiger partial charge in [0.25, 0.3) is 0 Å². The molecule has 2 nitrogen and oxygen atoms in total. The van der Waals surface area contributed by atoms with Gasteiger partial charge in [-0.3, -0.25) is 0 Å². The van der Waals surface area contributed by atoms with Gasteiger partial charge in [-0.05, 0) is 48.7 Å². The van der Waals surface area contributed by atoms with Crippen LogP contribution in [0.25, 0.3) is 0 Å². The summed E-state index contributed by atoms with van der Waals surface area (Å²) in [7, 11) is 0. The maximum absolute atomic E-state index is 13.1.